The predicted molar refractivity (Wildman–Crippen MR) is 209 cm³/mol. The summed E-state index contributed by atoms with van der Waals surface area (Å²) in [6.45, 7) is 7.55. The largest absolute Gasteiger partial charge is 0.496 e. The maximum atomic E-state index is 5.93. The first-order valence-electron chi connectivity index (χ1n) is 18.8. The zero-order chi connectivity index (χ0) is 34.8. The van der Waals surface area contributed by atoms with Crippen molar-refractivity contribution >= 4 is 30.4 Å². The zero-order valence-electron chi connectivity index (χ0n) is 30.6. The molecule has 0 N–H and O–H groups in total. The summed E-state index contributed by atoms with van der Waals surface area (Å²) in [7, 11) is 1.69. The second-order valence-corrected chi connectivity index (χ2v) is 15.2. The lowest BCUT2D eigenvalue weighted by Crippen LogP contribution is -2.22. The summed E-state index contributed by atoms with van der Waals surface area (Å²) in [4.78, 5) is 4.32. The summed E-state index contributed by atoms with van der Waals surface area (Å²) in [6.07, 6.45) is 29.4. The maximum Gasteiger partial charge on any atom is 0.130 e. The van der Waals surface area contributed by atoms with Gasteiger partial charge < -0.3 is 9.47 Å². The molecule has 0 radical (unpaired) electrons. The van der Waals surface area contributed by atoms with Gasteiger partial charge in [0, 0.05) is 17.8 Å². The van der Waals surface area contributed by atoms with Gasteiger partial charge in [-0.2, -0.15) is 5.10 Å². The van der Waals surface area contributed by atoms with E-state index in [9.17, 15) is 0 Å². The third kappa shape index (κ3) is 9.65. The average Bonchev–Trinajstić information content (AvgIpc) is 3.80. The molecule has 262 valence electrons. The molecule has 2 fully saturated rings. The fourth-order valence-corrected chi connectivity index (χ4v) is 7.52. The lowest BCUT2D eigenvalue weighted by molar-refractivity contribution is 0.180. The highest BCUT2D eigenvalue weighted by molar-refractivity contribution is 5.75. The molecule has 0 bridgehead atoms. The van der Waals surface area contributed by atoms with Gasteiger partial charge in [-0.25, -0.2) is 0 Å². The molecule has 50 heavy (non-hydrogen) atoms. The predicted octanol–water partition coefficient (Wildman–Crippen LogP) is 11.9. The number of benzene rings is 2. The number of pyridine rings is 1. The molecule has 0 unspecified atom stereocenters. The summed E-state index contributed by atoms with van der Waals surface area (Å²) in [5, 5.41) is 5.05. The number of hydrogen-bond donors (Lipinski definition) is 0. The molecule has 2 aromatic carbocycles. The lowest BCUT2D eigenvalue weighted by Gasteiger charge is -2.33. The molecule has 0 atom stereocenters. The Morgan fingerprint density at radius 3 is 2.34 bits per heavy atom. The van der Waals surface area contributed by atoms with Crippen molar-refractivity contribution in [3.63, 3.8) is 0 Å². The SMILES string of the molecule is CC(C)(C)C1CCCCC1.COc1cc(OCc2ccccn2)ccc1/C=C/c1cc(/C=C/c2ccc3c(c2)CC=C3)n(C2CCCCC2)n1. The smallest absolute Gasteiger partial charge is 0.130 e. The van der Waals surface area contributed by atoms with Crippen molar-refractivity contribution in [2.24, 2.45) is 11.3 Å². The number of fused-ring (bicyclic) bond motifs is 1. The van der Waals surface area contributed by atoms with Gasteiger partial charge in [-0.05, 0) is 109 Å². The minimum absolute atomic E-state index is 0.413. The van der Waals surface area contributed by atoms with E-state index in [-0.39, 0.29) is 0 Å². The van der Waals surface area contributed by atoms with Crippen LogP contribution in [0.1, 0.15) is 130 Å². The van der Waals surface area contributed by atoms with E-state index in [1.54, 1.807) is 13.3 Å². The van der Waals surface area contributed by atoms with Crippen molar-refractivity contribution in [3.8, 4) is 11.5 Å². The molecular formula is C45H55N3O2. The average molecular weight is 670 g/mol. The molecule has 3 aliphatic carbocycles. The summed E-state index contributed by atoms with van der Waals surface area (Å²) in [6, 6.07) is 21.1. The Hall–Kier alpha value is -4.38. The lowest BCUT2D eigenvalue weighted by atomic mass is 9.72. The number of nitrogens with zero attached hydrogens (tertiary/aromatic N) is 3. The van der Waals surface area contributed by atoms with Crippen LogP contribution in [0.25, 0.3) is 30.4 Å². The number of methoxy groups -OCH3 is 1. The van der Waals surface area contributed by atoms with E-state index in [4.69, 9.17) is 14.6 Å². The van der Waals surface area contributed by atoms with Crippen molar-refractivity contribution in [1.82, 2.24) is 14.8 Å². The molecule has 0 saturated heterocycles. The number of ether oxygens (including phenoxy) is 2. The fourth-order valence-electron chi connectivity index (χ4n) is 7.52. The van der Waals surface area contributed by atoms with Crippen LogP contribution in [0, 0.1) is 11.3 Å². The zero-order valence-corrected chi connectivity index (χ0v) is 30.6. The van der Waals surface area contributed by atoms with Crippen molar-refractivity contribution in [2.75, 3.05) is 7.11 Å². The standard InChI is InChI=1S/C35H35N3O2.C10H20/c1-39-35-24-34(40-25-31-10-5-6-21-36-31)20-17-28(35)16-18-30-23-33(38(37-30)32-11-3-2-4-12-32)19-14-26-13-15-27-8-7-9-29(27)22-26;1-10(2,3)9-7-5-4-6-8-9/h5-8,10,13-24,32H,2-4,9,11-12,25H2,1H3;9H,4-8H2,1-3H3/b18-16+,19-14+;. The molecular weight excluding hydrogens is 615 g/mol. The molecule has 7 rings (SSSR count). The van der Waals surface area contributed by atoms with Crippen LogP contribution in [0.15, 0.2) is 72.9 Å². The highest BCUT2D eigenvalue weighted by Crippen LogP contribution is 2.37. The van der Waals surface area contributed by atoms with E-state index in [0.29, 0.717) is 18.1 Å². The van der Waals surface area contributed by atoms with Gasteiger partial charge in [0.25, 0.3) is 0 Å². The van der Waals surface area contributed by atoms with Gasteiger partial charge in [0.1, 0.15) is 18.1 Å². The molecule has 0 aliphatic heterocycles. The van der Waals surface area contributed by atoms with E-state index in [1.807, 2.05) is 36.4 Å². The van der Waals surface area contributed by atoms with Crippen molar-refractivity contribution in [1.29, 1.82) is 0 Å². The Morgan fingerprint density at radius 1 is 0.820 bits per heavy atom. The quantitative estimate of drug-likeness (QED) is 0.178. The summed E-state index contributed by atoms with van der Waals surface area (Å²) in [5.41, 5.74) is 8.48. The van der Waals surface area contributed by atoms with Crippen LogP contribution in [-0.2, 0) is 13.0 Å². The second kappa shape index (κ2) is 17.0. The van der Waals surface area contributed by atoms with Crippen LogP contribution >= 0.6 is 0 Å². The molecule has 2 saturated carbocycles. The Kier molecular flexibility index (Phi) is 12.1. The molecule has 2 aromatic heterocycles. The van der Waals surface area contributed by atoms with Crippen LogP contribution in [0.2, 0.25) is 0 Å². The molecule has 5 nitrogen and oxygen atoms in total. The topological polar surface area (TPSA) is 49.2 Å². The van der Waals surface area contributed by atoms with E-state index in [2.05, 4.69) is 91.2 Å². The number of hydrogen-bond acceptors (Lipinski definition) is 4. The molecule has 0 amide bonds. The van der Waals surface area contributed by atoms with E-state index in [0.717, 1.165) is 46.5 Å². The summed E-state index contributed by atoms with van der Waals surface area (Å²) < 4.78 is 13.9. The van der Waals surface area contributed by atoms with Gasteiger partial charge in [-0.3, -0.25) is 9.67 Å². The Balaban J connectivity index is 0.000000373. The third-order valence-corrected chi connectivity index (χ3v) is 10.5. The third-order valence-electron chi connectivity index (χ3n) is 10.5. The highest BCUT2D eigenvalue weighted by atomic mass is 16.5. The van der Waals surface area contributed by atoms with Gasteiger partial charge in [0.15, 0.2) is 0 Å². The van der Waals surface area contributed by atoms with Crippen LogP contribution in [-0.4, -0.2) is 21.9 Å². The first-order chi connectivity index (χ1) is 24.4. The monoisotopic (exact) mass is 669 g/mol. The molecule has 2 heterocycles. The van der Waals surface area contributed by atoms with Crippen LogP contribution in [0.3, 0.4) is 0 Å². The summed E-state index contributed by atoms with van der Waals surface area (Å²) in [5.74, 6) is 2.50. The maximum absolute atomic E-state index is 5.93. The molecule has 0 spiro atoms. The van der Waals surface area contributed by atoms with E-state index >= 15 is 0 Å². The van der Waals surface area contributed by atoms with Gasteiger partial charge in [0.05, 0.1) is 30.2 Å². The molecule has 3 aliphatic rings. The van der Waals surface area contributed by atoms with Gasteiger partial charge in [0.2, 0.25) is 0 Å². The van der Waals surface area contributed by atoms with Gasteiger partial charge in [-0.1, -0.05) is 102 Å². The van der Waals surface area contributed by atoms with Crippen molar-refractivity contribution in [2.45, 2.75) is 104 Å². The van der Waals surface area contributed by atoms with Crippen LogP contribution in [0.4, 0.5) is 0 Å². The van der Waals surface area contributed by atoms with Crippen molar-refractivity contribution in [3.05, 3.63) is 112 Å². The van der Waals surface area contributed by atoms with Gasteiger partial charge >= 0.3 is 0 Å². The van der Waals surface area contributed by atoms with Gasteiger partial charge in [-0.15, -0.1) is 0 Å². The Labute approximate surface area is 300 Å². The fraction of sp³-hybridized carbons (Fsp3) is 0.422. The normalized spacial score (nSPS) is 16.8. The summed E-state index contributed by atoms with van der Waals surface area (Å²) >= 11 is 0. The molecule has 5 heteroatoms. The first kappa shape index (κ1) is 35.4. The van der Waals surface area contributed by atoms with E-state index in [1.165, 1.54) is 80.9 Å². The number of rotatable bonds is 9. The number of allylic oxidation sites excluding steroid dienone is 1. The van der Waals surface area contributed by atoms with Crippen molar-refractivity contribution < 1.29 is 9.47 Å². The molecule has 4 aromatic rings. The minimum Gasteiger partial charge on any atom is -0.496 e. The van der Waals surface area contributed by atoms with E-state index < -0.39 is 0 Å². The first-order valence-corrected chi connectivity index (χ1v) is 18.8. The Morgan fingerprint density at radius 2 is 1.62 bits per heavy atom. The van der Waals surface area contributed by atoms with Crippen LogP contribution in [0.5, 0.6) is 11.5 Å². The second-order valence-electron chi connectivity index (χ2n) is 15.2. The number of aromatic nitrogens is 3. The Bertz CT molecular complexity index is 1760. The van der Waals surface area contributed by atoms with Crippen LogP contribution < -0.4 is 9.47 Å². The highest BCUT2D eigenvalue weighted by Gasteiger charge is 2.25. The minimum atomic E-state index is 0.413.